The third-order valence-corrected chi connectivity index (χ3v) is 4.33. The molecule has 1 atom stereocenters. The van der Waals surface area contributed by atoms with Crippen molar-refractivity contribution in [3.05, 3.63) is 23.9 Å². The summed E-state index contributed by atoms with van der Waals surface area (Å²) in [5.41, 5.74) is 0.822. The van der Waals surface area contributed by atoms with E-state index in [1.807, 2.05) is 26.0 Å². The van der Waals surface area contributed by atoms with E-state index >= 15 is 0 Å². The minimum atomic E-state index is -0.196. The van der Waals surface area contributed by atoms with Crippen molar-refractivity contribution in [3.63, 3.8) is 0 Å². The molecule has 2 rings (SSSR count). The molecule has 0 bridgehead atoms. The predicted molar refractivity (Wildman–Crippen MR) is 91.5 cm³/mol. The fourth-order valence-corrected chi connectivity index (χ4v) is 2.69. The fourth-order valence-electron chi connectivity index (χ4n) is 2.69. The highest BCUT2D eigenvalue weighted by molar-refractivity contribution is 5.79. The molecule has 1 aliphatic carbocycles. The Bertz CT molecular complexity index is 529. The van der Waals surface area contributed by atoms with E-state index in [4.69, 9.17) is 4.74 Å². The highest BCUT2D eigenvalue weighted by Gasteiger charge is 2.45. The lowest BCUT2D eigenvalue weighted by molar-refractivity contribution is -0.126. The van der Waals surface area contributed by atoms with Crippen LogP contribution in [0.4, 0.5) is 0 Å². The number of carbonyl (C=O) groups is 1. The number of hydrogen-bond donors (Lipinski definition) is 1. The van der Waals surface area contributed by atoms with Crippen LogP contribution in [0.5, 0.6) is 5.88 Å². The Morgan fingerprint density at radius 1 is 1.52 bits per heavy atom. The summed E-state index contributed by atoms with van der Waals surface area (Å²) in [5, 5.41) is 3.19. The first-order chi connectivity index (χ1) is 11.0. The van der Waals surface area contributed by atoms with E-state index in [2.05, 4.69) is 29.2 Å². The average Bonchev–Trinajstić information content (AvgIpc) is 3.26. The van der Waals surface area contributed by atoms with Gasteiger partial charge in [-0.15, -0.1) is 0 Å². The highest BCUT2D eigenvalue weighted by atomic mass is 16.5. The number of nitrogens with one attached hydrogen (secondary N) is 1. The summed E-state index contributed by atoms with van der Waals surface area (Å²) in [4.78, 5) is 18.9. The molecule has 0 saturated heterocycles. The third kappa shape index (κ3) is 5.20. The van der Waals surface area contributed by atoms with Crippen LogP contribution >= 0.6 is 0 Å². The van der Waals surface area contributed by atoms with Gasteiger partial charge in [0.15, 0.2) is 0 Å². The molecule has 5 heteroatoms. The third-order valence-electron chi connectivity index (χ3n) is 4.33. The van der Waals surface area contributed by atoms with Crippen LogP contribution in [0.15, 0.2) is 18.3 Å². The van der Waals surface area contributed by atoms with Crippen molar-refractivity contribution in [2.45, 2.75) is 45.6 Å². The quantitative estimate of drug-likeness (QED) is 0.759. The van der Waals surface area contributed by atoms with Gasteiger partial charge >= 0.3 is 0 Å². The van der Waals surface area contributed by atoms with Crippen LogP contribution in [-0.4, -0.2) is 48.1 Å². The van der Waals surface area contributed by atoms with Crippen LogP contribution in [0.3, 0.4) is 0 Å². The fraction of sp³-hybridized carbons (Fsp3) is 0.667. The molecule has 1 N–H and O–H groups in total. The van der Waals surface area contributed by atoms with Crippen molar-refractivity contribution in [1.29, 1.82) is 0 Å². The molecule has 1 aromatic rings. The van der Waals surface area contributed by atoms with Gasteiger partial charge in [-0.05, 0) is 45.8 Å². The minimum Gasteiger partial charge on any atom is -0.475 e. The van der Waals surface area contributed by atoms with Crippen LogP contribution in [0.25, 0.3) is 0 Å². The van der Waals surface area contributed by atoms with Crippen LogP contribution in [-0.2, 0) is 4.79 Å². The monoisotopic (exact) mass is 319 g/mol. The molecule has 0 aromatic carbocycles. The summed E-state index contributed by atoms with van der Waals surface area (Å²) in [7, 11) is 2.06. The first kappa shape index (κ1) is 17.7. The summed E-state index contributed by atoms with van der Waals surface area (Å²) in [6.07, 6.45) is 4.78. The highest BCUT2D eigenvalue weighted by Crippen LogP contribution is 2.36. The number of pyridine rings is 1. The Morgan fingerprint density at radius 2 is 2.26 bits per heavy atom. The first-order valence-electron chi connectivity index (χ1n) is 8.51. The van der Waals surface area contributed by atoms with E-state index in [-0.39, 0.29) is 17.4 Å². The second-order valence-electron chi connectivity index (χ2n) is 6.85. The molecule has 0 radical (unpaired) electrons. The lowest BCUT2D eigenvalue weighted by Crippen LogP contribution is -2.46. The second kappa shape index (κ2) is 7.77. The molecular weight excluding hydrogens is 290 g/mol. The maximum atomic E-state index is 12.4. The van der Waals surface area contributed by atoms with E-state index in [0.717, 1.165) is 37.9 Å². The van der Waals surface area contributed by atoms with Crippen LogP contribution in [0.1, 0.15) is 38.7 Å². The molecule has 23 heavy (non-hydrogen) atoms. The number of ether oxygens (including phenoxy) is 1. The molecule has 0 aliphatic heterocycles. The van der Waals surface area contributed by atoms with Gasteiger partial charge in [-0.3, -0.25) is 4.79 Å². The number of aromatic nitrogens is 1. The Balaban J connectivity index is 1.82. The first-order valence-corrected chi connectivity index (χ1v) is 8.51. The van der Waals surface area contributed by atoms with Gasteiger partial charge < -0.3 is 15.0 Å². The zero-order valence-electron chi connectivity index (χ0n) is 14.8. The summed E-state index contributed by atoms with van der Waals surface area (Å²) in [6.45, 7) is 8.42. The normalized spacial score (nSPS) is 16.9. The van der Waals surface area contributed by atoms with Gasteiger partial charge in [0, 0.05) is 24.2 Å². The van der Waals surface area contributed by atoms with Crippen molar-refractivity contribution in [1.82, 2.24) is 15.2 Å². The SMILES string of the molecule is CCCN(C)CC(C)C(=O)NC1(COc2ncccc2C)CC1. The maximum absolute atomic E-state index is 12.4. The molecule has 1 heterocycles. The largest absolute Gasteiger partial charge is 0.475 e. The van der Waals surface area contributed by atoms with Gasteiger partial charge in [0.05, 0.1) is 5.54 Å². The zero-order valence-corrected chi connectivity index (χ0v) is 14.8. The summed E-state index contributed by atoms with van der Waals surface area (Å²) < 4.78 is 5.83. The van der Waals surface area contributed by atoms with Gasteiger partial charge in [0.2, 0.25) is 11.8 Å². The maximum Gasteiger partial charge on any atom is 0.224 e. The van der Waals surface area contributed by atoms with Crippen molar-refractivity contribution in [2.24, 2.45) is 5.92 Å². The molecule has 1 fully saturated rings. The van der Waals surface area contributed by atoms with Crippen molar-refractivity contribution < 1.29 is 9.53 Å². The lowest BCUT2D eigenvalue weighted by atomic mass is 10.1. The summed E-state index contributed by atoms with van der Waals surface area (Å²) in [6, 6.07) is 3.87. The average molecular weight is 319 g/mol. The minimum absolute atomic E-state index is 0.0133. The molecule has 1 aliphatic rings. The molecule has 128 valence electrons. The number of rotatable bonds is 9. The number of hydrogen-bond acceptors (Lipinski definition) is 4. The second-order valence-corrected chi connectivity index (χ2v) is 6.85. The van der Waals surface area contributed by atoms with Gasteiger partial charge in [-0.25, -0.2) is 4.98 Å². The van der Waals surface area contributed by atoms with Gasteiger partial charge in [-0.2, -0.15) is 0 Å². The van der Waals surface area contributed by atoms with E-state index in [9.17, 15) is 4.79 Å². The zero-order chi connectivity index (χ0) is 16.9. The van der Waals surface area contributed by atoms with Crippen LogP contribution < -0.4 is 10.1 Å². The Hall–Kier alpha value is -1.62. The van der Waals surface area contributed by atoms with Crippen LogP contribution in [0, 0.1) is 12.8 Å². The molecule has 1 aromatic heterocycles. The molecule has 1 amide bonds. The van der Waals surface area contributed by atoms with E-state index < -0.39 is 0 Å². The number of aryl methyl sites for hydroxylation is 1. The molecular formula is C18H29N3O2. The van der Waals surface area contributed by atoms with Crippen molar-refractivity contribution in [2.75, 3.05) is 26.7 Å². The summed E-state index contributed by atoms with van der Waals surface area (Å²) >= 11 is 0. The van der Waals surface area contributed by atoms with Gasteiger partial charge in [-0.1, -0.05) is 19.9 Å². The van der Waals surface area contributed by atoms with Gasteiger partial charge in [0.1, 0.15) is 6.61 Å². The van der Waals surface area contributed by atoms with Crippen molar-refractivity contribution >= 4 is 5.91 Å². The smallest absolute Gasteiger partial charge is 0.224 e. The lowest BCUT2D eigenvalue weighted by Gasteiger charge is -2.24. The number of nitrogens with zero attached hydrogens (tertiary/aromatic N) is 2. The number of carbonyl (C=O) groups excluding carboxylic acids is 1. The Labute approximate surface area is 139 Å². The van der Waals surface area contributed by atoms with E-state index in [1.54, 1.807) is 6.20 Å². The Morgan fingerprint density at radius 3 is 2.87 bits per heavy atom. The number of amides is 1. The van der Waals surface area contributed by atoms with Crippen LogP contribution in [0.2, 0.25) is 0 Å². The molecule has 1 unspecified atom stereocenters. The predicted octanol–water partition coefficient (Wildman–Crippen LogP) is 2.40. The summed E-state index contributed by atoms with van der Waals surface area (Å²) in [5.74, 6) is 0.760. The molecule has 1 saturated carbocycles. The molecule has 5 nitrogen and oxygen atoms in total. The Kier molecular flexibility index (Phi) is 5.99. The van der Waals surface area contributed by atoms with Gasteiger partial charge in [0.25, 0.3) is 0 Å². The molecule has 0 spiro atoms. The topological polar surface area (TPSA) is 54.5 Å². The standard InChI is InChI=1S/C18H29N3O2/c1-5-11-21(4)12-15(3)16(22)20-18(8-9-18)13-23-17-14(2)7-6-10-19-17/h6-7,10,15H,5,8-9,11-13H2,1-4H3,(H,20,22). The van der Waals surface area contributed by atoms with E-state index in [1.165, 1.54) is 0 Å². The van der Waals surface area contributed by atoms with E-state index in [0.29, 0.717) is 12.5 Å². The van der Waals surface area contributed by atoms with Crippen molar-refractivity contribution in [3.8, 4) is 5.88 Å².